The number of nitrogens with one attached hydrogen (secondary N) is 1. The van der Waals surface area contributed by atoms with E-state index in [0.717, 1.165) is 25.3 Å². The van der Waals surface area contributed by atoms with Gasteiger partial charge in [0.05, 0.1) is 23.5 Å². The van der Waals surface area contributed by atoms with Gasteiger partial charge in [-0.05, 0) is 39.8 Å². The van der Waals surface area contributed by atoms with Crippen LogP contribution in [0.3, 0.4) is 0 Å². The molecule has 0 saturated carbocycles. The van der Waals surface area contributed by atoms with Crippen molar-refractivity contribution in [2.24, 2.45) is 0 Å². The van der Waals surface area contributed by atoms with Crippen molar-refractivity contribution in [3.05, 3.63) is 16.9 Å². The van der Waals surface area contributed by atoms with Crippen LogP contribution in [0.1, 0.15) is 71.4 Å². The molecule has 0 fully saturated rings. The van der Waals surface area contributed by atoms with Gasteiger partial charge in [-0.25, -0.2) is 0 Å². The van der Waals surface area contributed by atoms with E-state index in [1.165, 1.54) is 38.5 Å². The number of nitrogens with zero attached hydrogens (tertiary/aromatic N) is 3. The van der Waals surface area contributed by atoms with Crippen molar-refractivity contribution < 1.29 is 4.79 Å². The van der Waals surface area contributed by atoms with Crippen LogP contribution in [0.15, 0.2) is 6.20 Å². The molecule has 1 N–H and O–H groups in total. The van der Waals surface area contributed by atoms with Crippen LogP contribution in [0.2, 0.25) is 5.02 Å². The van der Waals surface area contributed by atoms with Crippen molar-refractivity contribution in [3.8, 4) is 0 Å². The maximum Gasteiger partial charge on any atom is 0.222 e. The fraction of sp³-hybridized carbons (Fsp3) is 0.800. The Bertz CT molecular complexity index is 508. The summed E-state index contributed by atoms with van der Waals surface area (Å²) in [5.41, 5.74) is 0.908. The van der Waals surface area contributed by atoms with Gasteiger partial charge in [-0.3, -0.25) is 9.48 Å². The lowest BCUT2D eigenvalue weighted by molar-refractivity contribution is -0.122. The van der Waals surface area contributed by atoms with Gasteiger partial charge in [-0.1, -0.05) is 51.1 Å². The summed E-state index contributed by atoms with van der Waals surface area (Å²) in [5.74, 6) is 0.0746. The molecule has 0 bridgehead atoms. The molecule has 0 aromatic carbocycles. The van der Waals surface area contributed by atoms with Crippen molar-refractivity contribution in [3.63, 3.8) is 0 Å². The molecule has 0 radical (unpaired) electrons. The SMILES string of the molecule is CCCCCN(CCCCC)CC(C)NC(=O)CCn1ncc(Cl)c1C. The number of halogens is 1. The standard InChI is InChI=1S/C20H37ClN4O/c1-5-7-9-12-24(13-10-8-6-2)16-17(3)23-20(26)11-14-25-18(4)19(21)15-22-25/h15,17H,5-14,16H2,1-4H3,(H,23,26). The second-order valence-corrected chi connectivity index (χ2v) is 7.64. The molecule has 0 aliphatic rings. The van der Waals surface area contributed by atoms with Crippen molar-refractivity contribution in [1.29, 1.82) is 0 Å². The molecule has 26 heavy (non-hydrogen) atoms. The quantitative estimate of drug-likeness (QED) is 0.483. The molecule has 0 aliphatic carbocycles. The number of amides is 1. The monoisotopic (exact) mass is 384 g/mol. The lowest BCUT2D eigenvalue weighted by atomic mass is 10.2. The van der Waals surface area contributed by atoms with E-state index in [0.29, 0.717) is 18.0 Å². The smallest absolute Gasteiger partial charge is 0.222 e. The summed E-state index contributed by atoms with van der Waals surface area (Å²) in [7, 11) is 0. The third-order valence-corrected chi connectivity index (χ3v) is 5.06. The highest BCUT2D eigenvalue weighted by Gasteiger charge is 2.13. The van der Waals surface area contributed by atoms with Gasteiger partial charge in [0.1, 0.15) is 0 Å². The molecule has 1 amide bonds. The van der Waals surface area contributed by atoms with Gasteiger partial charge in [0.25, 0.3) is 0 Å². The van der Waals surface area contributed by atoms with Crippen LogP contribution in [0.5, 0.6) is 0 Å². The van der Waals surface area contributed by atoms with Gasteiger partial charge >= 0.3 is 0 Å². The maximum atomic E-state index is 12.2. The zero-order valence-electron chi connectivity index (χ0n) is 17.1. The molecule has 0 aliphatic heterocycles. The number of unbranched alkanes of at least 4 members (excludes halogenated alkanes) is 4. The van der Waals surface area contributed by atoms with Gasteiger partial charge in [-0.15, -0.1) is 0 Å². The highest BCUT2D eigenvalue weighted by Crippen LogP contribution is 2.13. The Hall–Kier alpha value is -1.07. The number of aryl methyl sites for hydroxylation is 1. The molecular weight excluding hydrogens is 348 g/mol. The first-order valence-corrected chi connectivity index (χ1v) is 10.5. The van der Waals surface area contributed by atoms with Crippen LogP contribution in [-0.2, 0) is 11.3 Å². The summed E-state index contributed by atoms with van der Waals surface area (Å²) in [5, 5.41) is 7.97. The van der Waals surface area contributed by atoms with Crippen molar-refractivity contribution in [2.45, 2.75) is 85.2 Å². The van der Waals surface area contributed by atoms with Gasteiger partial charge in [0.15, 0.2) is 0 Å². The van der Waals surface area contributed by atoms with Crippen LogP contribution in [0, 0.1) is 6.92 Å². The van der Waals surface area contributed by atoms with Crippen LogP contribution >= 0.6 is 11.6 Å². The molecule has 0 saturated heterocycles. The third kappa shape index (κ3) is 9.04. The van der Waals surface area contributed by atoms with Crippen molar-refractivity contribution in [2.75, 3.05) is 19.6 Å². The number of hydrogen-bond donors (Lipinski definition) is 1. The second-order valence-electron chi connectivity index (χ2n) is 7.23. The number of carbonyl (C=O) groups excluding carboxylic acids is 1. The van der Waals surface area contributed by atoms with E-state index >= 15 is 0 Å². The lowest BCUT2D eigenvalue weighted by Crippen LogP contribution is -2.43. The zero-order chi connectivity index (χ0) is 19.4. The van der Waals surface area contributed by atoms with Crippen LogP contribution < -0.4 is 5.32 Å². The first-order chi connectivity index (χ1) is 12.5. The predicted molar refractivity (Wildman–Crippen MR) is 110 cm³/mol. The highest BCUT2D eigenvalue weighted by atomic mass is 35.5. The van der Waals surface area contributed by atoms with Gasteiger partial charge in [0, 0.05) is 19.0 Å². The Morgan fingerprint density at radius 2 is 1.85 bits per heavy atom. The number of hydrogen-bond acceptors (Lipinski definition) is 3. The fourth-order valence-electron chi connectivity index (χ4n) is 3.10. The van der Waals surface area contributed by atoms with E-state index < -0.39 is 0 Å². The van der Waals surface area contributed by atoms with Gasteiger partial charge in [-0.2, -0.15) is 5.10 Å². The molecule has 1 rings (SSSR count). The second kappa shape index (κ2) is 13.2. The van der Waals surface area contributed by atoms with Crippen LogP contribution in [-0.4, -0.2) is 46.3 Å². The van der Waals surface area contributed by atoms with E-state index in [1.807, 2.05) is 6.92 Å². The average molecular weight is 385 g/mol. The summed E-state index contributed by atoms with van der Waals surface area (Å²) in [4.78, 5) is 14.8. The van der Waals surface area contributed by atoms with E-state index in [2.05, 4.69) is 36.1 Å². The van der Waals surface area contributed by atoms with E-state index in [1.54, 1.807) is 10.9 Å². The molecule has 1 atom stereocenters. The minimum absolute atomic E-state index is 0.0746. The third-order valence-electron chi connectivity index (χ3n) is 4.69. The number of aromatic nitrogens is 2. The Labute approximate surface area is 164 Å². The molecular formula is C20H37ClN4O. The fourth-order valence-corrected chi connectivity index (χ4v) is 3.24. The minimum atomic E-state index is 0.0746. The topological polar surface area (TPSA) is 50.2 Å². The molecule has 1 aromatic rings. The molecule has 1 heterocycles. The first-order valence-electron chi connectivity index (χ1n) is 10.2. The van der Waals surface area contributed by atoms with Gasteiger partial charge < -0.3 is 10.2 Å². The first kappa shape index (κ1) is 23.0. The Balaban J connectivity index is 2.37. The lowest BCUT2D eigenvalue weighted by Gasteiger charge is -2.26. The summed E-state index contributed by atoms with van der Waals surface area (Å²) >= 11 is 6.00. The number of carbonyl (C=O) groups is 1. The Morgan fingerprint density at radius 3 is 2.35 bits per heavy atom. The average Bonchev–Trinajstić information content (AvgIpc) is 2.92. The van der Waals surface area contributed by atoms with Crippen molar-refractivity contribution in [1.82, 2.24) is 20.0 Å². The normalized spacial score (nSPS) is 12.5. The zero-order valence-corrected chi connectivity index (χ0v) is 17.8. The summed E-state index contributed by atoms with van der Waals surface area (Å²) in [6, 6.07) is 0.160. The molecule has 5 nitrogen and oxygen atoms in total. The van der Waals surface area contributed by atoms with Crippen LogP contribution in [0.25, 0.3) is 0 Å². The summed E-state index contributed by atoms with van der Waals surface area (Å²) < 4.78 is 1.79. The predicted octanol–water partition coefficient (Wildman–Crippen LogP) is 4.42. The molecule has 0 spiro atoms. The van der Waals surface area contributed by atoms with Gasteiger partial charge in [0.2, 0.25) is 5.91 Å². The maximum absolute atomic E-state index is 12.2. The van der Waals surface area contributed by atoms with E-state index in [-0.39, 0.29) is 11.9 Å². The molecule has 6 heteroatoms. The molecule has 150 valence electrons. The molecule has 1 aromatic heterocycles. The largest absolute Gasteiger partial charge is 0.352 e. The van der Waals surface area contributed by atoms with Crippen LogP contribution in [0.4, 0.5) is 0 Å². The molecule has 1 unspecified atom stereocenters. The van der Waals surface area contributed by atoms with Crippen molar-refractivity contribution >= 4 is 17.5 Å². The summed E-state index contributed by atoms with van der Waals surface area (Å²) in [6.45, 7) is 12.2. The minimum Gasteiger partial charge on any atom is -0.352 e. The Morgan fingerprint density at radius 1 is 1.23 bits per heavy atom. The Kier molecular flexibility index (Phi) is 11.6. The van der Waals surface area contributed by atoms with E-state index in [4.69, 9.17) is 11.6 Å². The number of rotatable bonds is 14. The highest BCUT2D eigenvalue weighted by molar-refractivity contribution is 6.31. The van der Waals surface area contributed by atoms with E-state index in [9.17, 15) is 4.79 Å². The summed E-state index contributed by atoms with van der Waals surface area (Å²) in [6.07, 6.45) is 9.56.